The van der Waals surface area contributed by atoms with E-state index in [0.717, 1.165) is 0 Å². The summed E-state index contributed by atoms with van der Waals surface area (Å²) in [6.45, 7) is 0. The molecule has 1 aromatic rings. The zero-order valence-corrected chi connectivity index (χ0v) is 5.67. The molecule has 42 valence electrons. The van der Waals surface area contributed by atoms with Crippen LogP contribution in [-0.4, -0.2) is 10.2 Å². The number of hydrogen-bond acceptors (Lipinski definition) is 3. The number of aromatic nitrogens is 2. The first-order valence-corrected chi connectivity index (χ1v) is 2.89. The Morgan fingerprint density at radius 2 is 2.38 bits per heavy atom. The van der Waals surface area contributed by atoms with Crippen LogP contribution >= 0.6 is 24.8 Å². The fourth-order valence-corrected chi connectivity index (χ4v) is 0.575. The van der Waals surface area contributed by atoms with Crippen LogP contribution in [0.5, 0.6) is 0 Å². The molecule has 0 saturated heterocycles. The molecule has 2 nitrogen and oxygen atoms in total. The first kappa shape index (κ1) is 5.78. The molecule has 0 radical (unpaired) electrons. The van der Waals surface area contributed by atoms with Gasteiger partial charge in [-0.15, -0.1) is 12.6 Å². The summed E-state index contributed by atoms with van der Waals surface area (Å²) in [7, 11) is 0. The molecule has 0 aliphatic rings. The monoisotopic (exact) mass is 144 g/mol. The molecule has 0 unspecified atom stereocenters. The van der Waals surface area contributed by atoms with Crippen LogP contribution in [-0.2, 0) is 0 Å². The van der Waals surface area contributed by atoms with E-state index in [1.54, 1.807) is 12.1 Å². The van der Waals surface area contributed by atoms with Gasteiger partial charge in [0.05, 0.1) is 0 Å². The average molecular weight is 144 g/mol. The highest BCUT2D eigenvalue weighted by Gasteiger charge is 1.78. The van der Waals surface area contributed by atoms with Crippen LogP contribution in [0.3, 0.4) is 0 Å². The first-order chi connectivity index (χ1) is 3.79. The Labute approximate surface area is 57.4 Å². The van der Waals surface area contributed by atoms with Gasteiger partial charge in [-0.25, -0.2) is 0 Å². The second-order valence-electron chi connectivity index (χ2n) is 1.28. The van der Waals surface area contributed by atoms with Crippen LogP contribution in [0.1, 0.15) is 0 Å². The van der Waals surface area contributed by atoms with E-state index in [4.69, 9.17) is 12.2 Å². The quantitative estimate of drug-likeness (QED) is 0.426. The third-order valence-corrected chi connectivity index (χ3v) is 1.14. The molecular weight excluding hydrogens is 140 g/mol. The Morgan fingerprint density at radius 1 is 1.62 bits per heavy atom. The standard InChI is InChI=1S/C4H4N2S2/c7-3-1-2-4(8)6-5-3/h1-2H,(H,5,7)(H,6,8). The molecule has 0 bridgehead atoms. The minimum absolute atomic E-state index is 0.628. The minimum Gasteiger partial charge on any atom is -0.267 e. The van der Waals surface area contributed by atoms with Crippen molar-refractivity contribution in [3.8, 4) is 0 Å². The van der Waals surface area contributed by atoms with Crippen molar-refractivity contribution in [2.75, 3.05) is 0 Å². The summed E-state index contributed by atoms with van der Waals surface area (Å²) < 4.78 is 0.628. The van der Waals surface area contributed by atoms with Crippen molar-refractivity contribution in [3.63, 3.8) is 0 Å². The van der Waals surface area contributed by atoms with E-state index in [9.17, 15) is 0 Å². The van der Waals surface area contributed by atoms with Crippen LogP contribution in [0.2, 0.25) is 0 Å². The SMILES string of the molecule is S=c1ccc(S)n[nH]1. The van der Waals surface area contributed by atoms with E-state index in [1.807, 2.05) is 0 Å². The van der Waals surface area contributed by atoms with Crippen molar-refractivity contribution in [1.82, 2.24) is 10.2 Å². The normalized spacial score (nSPS) is 9.12. The number of nitrogens with zero attached hydrogens (tertiary/aromatic N) is 1. The lowest BCUT2D eigenvalue weighted by atomic mass is 10.6. The fourth-order valence-electron chi connectivity index (χ4n) is 0.337. The van der Waals surface area contributed by atoms with Crippen molar-refractivity contribution in [2.45, 2.75) is 5.03 Å². The number of H-pyrrole nitrogens is 1. The first-order valence-electron chi connectivity index (χ1n) is 2.04. The smallest absolute Gasteiger partial charge is 0.119 e. The topological polar surface area (TPSA) is 28.7 Å². The number of aromatic amines is 1. The summed E-state index contributed by atoms with van der Waals surface area (Å²) in [6, 6.07) is 3.48. The third kappa shape index (κ3) is 1.31. The van der Waals surface area contributed by atoms with Crippen molar-refractivity contribution in [2.24, 2.45) is 0 Å². The third-order valence-electron chi connectivity index (χ3n) is 0.664. The molecule has 8 heavy (non-hydrogen) atoms. The van der Waals surface area contributed by atoms with Crippen molar-refractivity contribution >= 4 is 24.8 Å². The molecule has 0 atom stereocenters. The molecule has 0 aliphatic heterocycles. The molecule has 4 heteroatoms. The van der Waals surface area contributed by atoms with E-state index >= 15 is 0 Å². The average Bonchev–Trinajstić information content (AvgIpc) is 1.77. The number of nitrogens with one attached hydrogen (secondary N) is 1. The number of thiol groups is 1. The largest absolute Gasteiger partial charge is 0.267 e. The molecule has 0 amide bonds. The molecule has 0 spiro atoms. The number of rotatable bonds is 0. The van der Waals surface area contributed by atoms with Gasteiger partial charge in [-0.3, -0.25) is 5.10 Å². The van der Waals surface area contributed by atoms with Gasteiger partial charge in [0, 0.05) is 0 Å². The van der Waals surface area contributed by atoms with Crippen LogP contribution in [0.4, 0.5) is 0 Å². The van der Waals surface area contributed by atoms with Gasteiger partial charge in [-0.05, 0) is 12.1 Å². The fraction of sp³-hybridized carbons (Fsp3) is 0. The second kappa shape index (κ2) is 2.28. The Kier molecular flexibility index (Phi) is 1.65. The highest BCUT2D eigenvalue weighted by molar-refractivity contribution is 7.80. The molecular formula is C4H4N2S2. The zero-order valence-electron chi connectivity index (χ0n) is 3.96. The van der Waals surface area contributed by atoms with Crippen molar-refractivity contribution < 1.29 is 0 Å². The predicted octanol–water partition coefficient (Wildman–Crippen LogP) is 1.43. The van der Waals surface area contributed by atoms with E-state index in [0.29, 0.717) is 9.67 Å². The molecule has 1 aromatic heterocycles. The summed E-state index contributed by atoms with van der Waals surface area (Å²) in [5, 5.41) is 6.95. The van der Waals surface area contributed by atoms with Crippen LogP contribution in [0.25, 0.3) is 0 Å². The van der Waals surface area contributed by atoms with E-state index in [-0.39, 0.29) is 0 Å². The molecule has 0 aliphatic carbocycles. The van der Waals surface area contributed by atoms with Gasteiger partial charge in [0.15, 0.2) is 0 Å². The van der Waals surface area contributed by atoms with Crippen molar-refractivity contribution in [3.05, 3.63) is 16.8 Å². The van der Waals surface area contributed by atoms with Gasteiger partial charge in [-0.2, -0.15) is 5.10 Å². The molecule has 1 heterocycles. The lowest BCUT2D eigenvalue weighted by molar-refractivity contribution is 0.922. The summed E-state index contributed by atoms with van der Waals surface area (Å²) >= 11 is 8.66. The molecule has 1 N–H and O–H groups in total. The predicted molar refractivity (Wildman–Crippen MR) is 36.7 cm³/mol. The lowest BCUT2D eigenvalue weighted by Crippen LogP contribution is -1.79. The van der Waals surface area contributed by atoms with Gasteiger partial charge in [0.1, 0.15) is 9.67 Å². The molecule has 0 fully saturated rings. The maximum Gasteiger partial charge on any atom is 0.119 e. The van der Waals surface area contributed by atoms with Gasteiger partial charge < -0.3 is 0 Å². The summed E-state index contributed by atoms with van der Waals surface area (Å²) in [5.41, 5.74) is 0. The maximum absolute atomic E-state index is 4.72. The summed E-state index contributed by atoms with van der Waals surface area (Å²) in [6.07, 6.45) is 0. The highest BCUT2D eigenvalue weighted by Crippen LogP contribution is 1.95. The lowest BCUT2D eigenvalue weighted by Gasteiger charge is -1.84. The van der Waals surface area contributed by atoms with Crippen LogP contribution in [0.15, 0.2) is 17.2 Å². The van der Waals surface area contributed by atoms with Gasteiger partial charge >= 0.3 is 0 Å². The Hall–Kier alpha value is -0.350. The van der Waals surface area contributed by atoms with E-state index in [2.05, 4.69) is 22.8 Å². The summed E-state index contributed by atoms with van der Waals surface area (Å²) in [4.78, 5) is 0. The van der Waals surface area contributed by atoms with Crippen LogP contribution in [0, 0.1) is 4.64 Å². The molecule has 0 aromatic carbocycles. The Morgan fingerprint density at radius 3 is 2.75 bits per heavy atom. The molecule has 1 rings (SSSR count). The zero-order chi connectivity index (χ0) is 5.98. The molecule has 0 saturated carbocycles. The Balaban J connectivity index is 3.22. The van der Waals surface area contributed by atoms with E-state index < -0.39 is 0 Å². The van der Waals surface area contributed by atoms with Crippen molar-refractivity contribution in [1.29, 1.82) is 0 Å². The summed E-state index contributed by atoms with van der Waals surface area (Å²) in [5.74, 6) is 0. The number of hydrogen-bond donors (Lipinski definition) is 2. The van der Waals surface area contributed by atoms with Gasteiger partial charge in [-0.1, -0.05) is 12.2 Å². The second-order valence-corrected chi connectivity index (χ2v) is 2.18. The highest BCUT2D eigenvalue weighted by atomic mass is 32.1. The van der Waals surface area contributed by atoms with Gasteiger partial charge in [0.25, 0.3) is 0 Å². The minimum atomic E-state index is 0.628. The van der Waals surface area contributed by atoms with E-state index in [1.165, 1.54) is 0 Å². The van der Waals surface area contributed by atoms with Gasteiger partial charge in [0.2, 0.25) is 0 Å². The van der Waals surface area contributed by atoms with Crippen LogP contribution < -0.4 is 0 Å². The maximum atomic E-state index is 4.72. The Bertz CT molecular complexity index is 209.